The molecule has 2 N–H and O–H groups in total. The van der Waals surface area contributed by atoms with E-state index >= 15 is 0 Å². The quantitative estimate of drug-likeness (QED) is 0.847. The van der Waals surface area contributed by atoms with Crippen molar-refractivity contribution in [1.29, 1.82) is 0 Å². The molecule has 1 saturated heterocycles. The second-order valence-corrected chi connectivity index (χ2v) is 4.62. The van der Waals surface area contributed by atoms with Gasteiger partial charge in [0.1, 0.15) is 0 Å². The van der Waals surface area contributed by atoms with E-state index in [1.54, 1.807) is 0 Å². The predicted molar refractivity (Wildman–Crippen MR) is 62.8 cm³/mol. The largest absolute Gasteiger partial charge is 0.376 e. The number of ether oxygens (including phenoxy) is 1. The molecule has 0 aliphatic carbocycles. The molecular weight excluding hydrogens is 226 g/mol. The van der Waals surface area contributed by atoms with Gasteiger partial charge in [0.2, 0.25) is 0 Å². The van der Waals surface area contributed by atoms with E-state index in [-0.39, 0.29) is 12.1 Å². The maximum atomic E-state index is 11.5. The van der Waals surface area contributed by atoms with Crippen LogP contribution in [0.15, 0.2) is 5.38 Å². The van der Waals surface area contributed by atoms with Gasteiger partial charge in [-0.25, -0.2) is 9.78 Å². The number of hydrogen-bond acceptors (Lipinski definition) is 4. The zero-order valence-electron chi connectivity index (χ0n) is 9.16. The highest BCUT2D eigenvalue weighted by Crippen LogP contribution is 2.14. The summed E-state index contributed by atoms with van der Waals surface area (Å²) in [5.74, 6) is 0. The molecule has 0 radical (unpaired) electrons. The maximum absolute atomic E-state index is 11.5. The predicted octanol–water partition coefficient (Wildman–Crippen LogP) is 1.75. The number of anilines is 1. The molecule has 1 fully saturated rings. The molecule has 2 amide bonds. The number of hydrogen-bond donors (Lipinski definition) is 2. The molecule has 1 atom stereocenters. The minimum Gasteiger partial charge on any atom is -0.376 e. The summed E-state index contributed by atoms with van der Waals surface area (Å²) in [4.78, 5) is 15.6. The fraction of sp³-hybridized carbons (Fsp3) is 0.600. The van der Waals surface area contributed by atoms with E-state index in [4.69, 9.17) is 4.74 Å². The van der Waals surface area contributed by atoms with Gasteiger partial charge in [-0.3, -0.25) is 5.32 Å². The van der Waals surface area contributed by atoms with Crippen molar-refractivity contribution < 1.29 is 9.53 Å². The van der Waals surface area contributed by atoms with Crippen LogP contribution in [0.5, 0.6) is 0 Å². The molecule has 2 heterocycles. The second-order valence-electron chi connectivity index (χ2n) is 3.76. The number of carbonyl (C=O) groups excluding carboxylic acids is 1. The number of rotatable bonds is 3. The number of carbonyl (C=O) groups is 1. The van der Waals surface area contributed by atoms with Crippen molar-refractivity contribution in [2.45, 2.75) is 25.9 Å². The van der Waals surface area contributed by atoms with Gasteiger partial charge in [-0.15, -0.1) is 11.3 Å². The molecule has 2 rings (SSSR count). The Morgan fingerprint density at radius 3 is 3.25 bits per heavy atom. The first-order chi connectivity index (χ1) is 7.74. The van der Waals surface area contributed by atoms with Crippen molar-refractivity contribution in [3.05, 3.63) is 11.1 Å². The van der Waals surface area contributed by atoms with Crippen molar-refractivity contribution in [3.8, 4) is 0 Å². The Kier molecular flexibility index (Phi) is 3.74. The first-order valence-corrected chi connectivity index (χ1v) is 6.20. The number of aryl methyl sites for hydroxylation is 1. The molecular formula is C10H15N3O2S. The highest BCUT2D eigenvalue weighted by molar-refractivity contribution is 7.13. The number of nitrogens with one attached hydrogen (secondary N) is 2. The number of urea groups is 1. The molecule has 1 aromatic heterocycles. The summed E-state index contributed by atoms with van der Waals surface area (Å²) in [5, 5.41) is 7.99. The van der Waals surface area contributed by atoms with Gasteiger partial charge >= 0.3 is 6.03 Å². The van der Waals surface area contributed by atoms with Crippen LogP contribution in [0.25, 0.3) is 0 Å². The van der Waals surface area contributed by atoms with E-state index in [1.165, 1.54) is 11.3 Å². The summed E-state index contributed by atoms with van der Waals surface area (Å²) in [6.45, 7) is 3.27. The molecule has 0 bridgehead atoms. The van der Waals surface area contributed by atoms with Crippen LogP contribution >= 0.6 is 11.3 Å². The lowest BCUT2D eigenvalue weighted by Gasteiger charge is -2.10. The van der Waals surface area contributed by atoms with Gasteiger partial charge < -0.3 is 10.1 Å². The lowest BCUT2D eigenvalue weighted by molar-refractivity contribution is 0.112. The van der Waals surface area contributed by atoms with Gasteiger partial charge in [-0.1, -0.05) is 0 Å². The fourth-order valence-electron chi connectivity index (χ4n) is 1.56. The Bertz CT molecular complexity index is 361. The Balaban J connectivity index is 1.71. The van der Waals surface area contributed by atoms with Crippen molar-refractivity contribution in [2.75, 3.05) is 18.5 Å². The topological polar surface area (TPSA) is 63.2 Å². The van der Waals surface area contributed by atoms with Crippen molar-refractivity contribution in [3.63, 3.8) is 0 Å². The number of amides is 2. The SMILES string of the molecule is Cc1csc(NC(=O)NCC2CCCO2)n1. The van der Waals surface area contributed by atoms with Crippen molar-refractivity contribution >= 4 is 22.5 Å². The lowest BCUT2D eigenvalue weighted by Crippen LogP contribution is -2.34. The van der Waals surface area contributed by atoms with Crippen LogP contribution in [0.3, 0.4) is 0 Å². The average Bonchev–Trinajstić information content (AvgIpc) is 2.87. The smallest absolute Gasteiger partial charge is 0.321 e. The van der Waals surface area contributed by atoms with E-state index in [1.807, 2.05) is 12.3 Å². The van der Waals surface area contributed by atoms with E-state index in [2.05, 4.69) is 15.6 Å². The molecule has 1 unspecified atom stereocenters. The molecule has 88 valence electrons. The number of thiazole rings is 1. The minimum atomic E-state index is -0.218. The number of aromatic nitrogens is 1. The standard InChI is InChI=1S/C10H15N3O2S/c1-7-6-16-10(12-7)13-9(14)11-5-8-3-2-4-15-8/h6,8H,2-5H2,1H3,(H2,11,12,13,14). The lowest BCUT2D eigenvalue weighted by atomic mass is 10.2. The van der Waals surface area contributed by atoms with Crippen LogP contribution in [0.1, 0.15) is 18.5 Å². The first-order valence-electron chi connectivity index (χ1n) is 5.32. The Hall–Kier alpha value is -1.14. The highest BCUT2D eigenvalue weighted by atomic mass is 32.1. The molecule has 16 heavy (non-hydrogen) atoms. The Morgan fingerprint density at radius 2 is 2.62 bits per heavy atom. The third-order valence-electron chi connectivity index (χ3n) is 2.35. The summed E-state index contributed by atoms with van der Waals surface area (Å²) >= 11 is 1.42. The van der Waals surface area contributed by atoms with Gasteiger partial charge in [0, 0.05) is 18.5 Å². The van der Waals surface area contributed by atoms with Crippen molar-refractivity contribution in [1.82, 2.24) is 10.3 Å². The van der Waals surface area contributed by atoms with Crippen molar-refractivity contribution in [2.24, 2.45) is 0 Å². The van der Waals surface area contributed by atoms with E-state index in [9.17, 15) is 4.79 Å². The van der Waals surface area contributed by atoms with Crippen LogP contribution in [0.2, 0.25) is 0 Å². The normalized spacial score (nSPS) is 19.7. The van der Waals surface area contributed by atoms with Gasteiger partial charge in [-0.05, 0) is 19.8 Å². The number of nitrogens with zero attached hydrogens (tertiary/aromatic N) is 1. The fourth-order valence-corrected chi connectivity index (χ4v) is 2.25. The molecule has 0 saturated carbocycles. The molecule has 1 aliphatic heterocycles. The maximum Gasteiger partial charge on any atom is 0.321 e. The van der Waals surface area contributed by atoms with Gasteiger partial charge in [0.25, 0.3) is 0 Å². The average molecular weight is 241 g/mol. The van der Waals surface area contributed by atoms with Gasteiger partial charge in [0.15, 0.2) is 5.13 Å². The summed E-state index contributed by atoms with van der Waals surface area (Å²) < 4.78 is 5.40. The summed E-state index contributed by atoms with van der Waals surface area (Å²) in [6, 6.07) is -0.218. The highest BCUT2D eigenvalue weighted by Gasteiger charge is 2.16. The zero-order chi connectivity index (χ0) is 11.4. The van der Waals surface area contributed by atoms with E-state index in [0.717, 1.165) is 25.1 Å². The van der Waals surface area contributed by atoms with E-state index in [0.29, 0.717) is 11.7 Å². The molecule has 5 nitrogen and oxygen atoms in total. The van der Waals surface area contributed by atoms with Crippen LogP contribution in [-0.4, -0.2) is 30.3 Å². The van der Waals surface area contributed by atoms with Gasteiger partial charge in [0.05, 0.1) is 11.8 Å². The van der Waals surface area contributed by atoms with Crippen LogP contribution in [0.4, 0.5) is 9.93 Å². The Labute approximate surface area is 98.2 Å². The summed E-state index contributed by atoms with van der Waals surface area (Å²) in [5.41, 5.74) is 0.916. The van der Waals surface area contributed by atoms with E-state index < -0.39 is 0 Å². The Morgan fingerprint density at radius 1 is 1.75 bits per heavy atom. The molecule has 0 spiro atoms. The van der Waals surface area contributed by atoms with Crippen LogP contribution < -0.4 is 10.6 Å². The monoisotopic (exact) mass is 241 g/mol. The molecule has 1 aromatic rings. The van der Waals surface area contributed by atoms with Crippen LogP contribution in [0, 0.1) is 6.92 Å². The van der Waals surface area contributed by atoms with Gasteiger partial charge in [-0.2, -0.15) is 0 Å². The minimum absolute atomic E-state index is 0.170. The third-order valence-corrected chi connectivity index (χ3v) is 3.23. The molecule has 1 aliphatic rings. The second kappa shape index (κ2) is 5.27. The summed E-state index contributed by atoms with van der Waals surface area (Å²) in [6.07, 6.45) is 2.28. The molecule has 6 heteroatoms. The van der Waals surface area contributed by atoms with Crippen LogP contribution in [-0.2, 0) is 4.74 Å². The third kappa shape index (κ3) is 3.18. The molecule has 0 aromatic carbocycles. The summed E-state index contributed by atoms with van der Waals surface area (Å²) in [7, 11) is 0. The zero-order valence-corrected chi connectivity index (χ0v) is 9.97. The first kappa shape index (κ1) is 11.3.